The van der Waals surface area contributed by atoms with Gasteiger partial charge in [-0.25, -0.2) is 9.97 Å². The molecule has 1 atom stereocenters. The molecule has 3 rings (SSSR count). The van der Waals surface area contributed by atoms with Crippen LogP contribution in [-0.4, -0.2) is 32.3 Å². The van der Waals surface area contributed by atoms with Gasteiger partial charge in [0.15, 0.2) is 5.82 Å². The van der Waals surface area contributed by atoms with E-state index in [2.05, 4.69) is 20.4 Å². The Bertz CT molecular complexity index is 733. The van der Waals surface area contributed by atoms with Crippen molar-refractivity contribution in [1.29, 1.82) is 0 Å². The predicted octanol–water partition coefficient (Wildman–Crippen LogP) is 1.93. The molecule has 0 bridgehead atoms. The molecule has 7 heteroatoms. The predicted molar refractivity (Wildman–Crippen MR) is 92.8 cm³/mol. The van der Waals surface area contributed by atoms with E-state index in [0.717, 1.165) is 54.2 Å². The lowest BCUT2D eigenvalue weighted by molar-refractivity contribution is -0.120. The summed E-state index contributed by atoms with van der Waals surface area (Å²) in [6, 6.07) is 0. The molecule has 7 nitrogen and oxygen atoms in total. The van der Waals surface area contributed by atoms with Crippen molar-refractivity contribution < 1.29 is 9.53 Å². The van der Waals surface area contributed by atoms with E-state index in [1.807, 2.05) is 20.9 Å². The maximum Gasteiger partial charge on any atom is 0.224 e. The van der Waals surface area contributed by atoms with Crippen LogP contribution in [0.4, 0.5) is 0 Å². The summed E-state index contributed by atoms with van der Waals surface area (Å²) in [5.41, 5.74) is 3.79. The highest BCUT2D eigenvalue weighted by molar-refractivity contribution is 5.79. The van der Waals surface area contributed by atoms with E-state index in [1.54, 1.807) is 17.1 Å². The lowest BCUT2D eigenvalue weighted by atomic mass is 10.1. The number of ether oxygens (including phenoxy) is 1. The van der Waals surface area contributed by atoms with Crippen LogP contribution in [0.3, 0.4) is 0 Å². The summed E-state index contributed by atoms with van der Waals surface area (Å²) in [7, 11) is 1.89. The van der Waals surface area contributed by atoms with E-state index in [1.165, 1.54) is 0 Å². The highest BCUT2D eigenvalue weighted by atomic mass is 16.5. The zero-order chi connectivity index (χ0) is 17.8. The topological polar surface area (TPSA) is 81.9 Å². The minimum atomic E-state index is -0.0288. The highest BCUT2D eigenvalue weighted by Gasteiger charge is 2.18. The van der Waals surface area contributed by atoms with Crippen LogP contribution < -0.4 is 5.32 Å². The maximum absolute atomic E-state index is 12.2. The van der Waals surface area contributed by atoms with E-state index in [4.69, 9.17) is 4.74 Å². The molecule has 1 N–H and O–H groups in total. The molecule has 25 heavy (non-hydrogen) atoms. The van der Waals surface area contributed by atoms with Gasteiger partial charge in [0.2, 0.25) is 5.91 Å². The summed E-state index contributed by atoms with van der Waals surface area (Å²) in [4.78, 5) is 21.0. The molecule has 0 aliphatic carbocycles. The third kappa shape index (κ3) is 4.22. The Morgan fingerprint density at radius 2 is 2.08 bits per heavy atom. The van der Waals surface area contributed by atoms with Gasteiger partial charge in [0, 0.05) is 49.4 Å². The minimum absolute atomic E-state index is 0.00826. The average molecular weight is 343 g/mol. The van der Waals surface area contributed by atoms with Gasteiger partial charge in [-0.3, -0.25) is 9.48 Å². The Morgan fingerprint density at radius 3 is 2.68 bits per heavy atom. The number of nitrogens with one attached hydrogen (secondary N) is 1. The van der Waals surface area contributed by atoms with Gasteiger partial charge in [0.25, 0.3) is 0 Å². The molecule has 1 amide bonds. The molecular weight excluding hydrogens is 318 g/mol. The third-order valence-electron chi connectivity index (χ3n) is 4.68. The van der Waals surface area contributed by atoms with E-state index >= 15 is 0 Å². The molecule has 1 fully saturated rings. The normalized spacial score (nSPS) is 17.5. The standard InChI is InChI=1S/C18H25N5O2/c1-12-15(13(2)23(3)22-12)8-17(24)19-9-14-10-20-18(21-11-14)16-6-4-5-7-25-16/h10-11,16H,4-9H2,1-3H3,(H,19,24). The van der Waals surface area contributed by atoms with Crippen LogP contribution in [0.2, 0.25) is 0 Å². The van der Waals surface area contributed by atoms with E-state index in [9.17, 15) is 4.79 Å². The molecular formula is C18H25N5O2. The lowest BCUT2D eigenvalue weighted by Gasteiger charge is -2.21. The molecule has 1 aliphatic rings. The van der Waals surface area contributed by atoms with Gasteiger partial charge in [-0.15, -0.1) is 0 Å². The number of nitrogens with zero attached hydrogens (tertiary/aromatic N) is 4. The average Bonchev–Trinajstić information content (AvgIpc) is 2.87. The van der Waals surface area contributed by atoms with Gasteiger partial charge < -0.3 is 10.1 Å². The molecule has 0 radical (unpaired) electrons. The van der Waals surface area contributed by atoms with Crippen LogP contribution in [0.25, 0.3) is 0 Å². The minimum Gasteiger partial charge on any atom is -0.370 e. The van der Waals surface area contributed by atoms with E-state index < -0.39 is 0 Å². The molecule has 3 heterocycles. The molecule has 0 aromatic carbocycles. The molecule has 134 valence electrons. The fourth-order valence-electron chi connectivity index (χ4n) is 3.06. The number of carbonyl (C=O) groups is 1. The van der Waals surface area contributed by atoms with Crippen LogP contribution in [0.5, 0.6) is 0 Å². The lowest BCUT2D eigenvalue weighted by Crippen LogP contribution is -2.25. The summed E-state index contributed by atoms with van der Waals surface area (Å²) >= 11 is 0. The second-order valence-corrected chi connectivity index (χ2v) is 6.53. The van der Waals surface area contributed by atoms with Crippen molar-refractivity contribution >= 4 is 5.91 Å². The smallest absolute Gasteiger partial charge is 0.224 e. The second-order valence-electron chi connectivity index (χ2n) is 6.53. The van der Waals surface area contributed by atoms with E-state index in [-0.39, 0.29) is 12.0 Å². The van der Waals surface area contributed by atoms with Crippen molar-refractivity contribution in [2.24, 2.45) is 7.05 Å². The number of amides is 1. The number of aryl methyl sites for hydroxylation is 2. The SMILES string of the molecule is Cc1nn(C)c(C)c1CC(=O)NCc1cnc(C2CCCCO2)nc1. The molecule has 1 saturated heterocycles. The molecule has 1 aliphatic heterocycles. The van der Waals surface area contributed by atoms with Gasteiger partial charge in [0.05, 0.1) is 12.1 Å². The maximum atomic E-state index is 12.2. The Balaban J connectivity index is 1.53. The largest absolute Gasteiger partial charge is 0.370 e. The number of hydrogen-bond donors (Lipinski definition) is 1. The summed E-state index contributed by atoms with van der Waals surface area (Å²) in [6.45, 7) is 5.10. The number of carbonyl (C=O) groups excluding carboxylic acids is 1. The first-order valence-corrected chi connectivity index (χ1v) is 8.73. The monoisotopic (exact) mass is 343 g/mol. The molecule has 0 saturated carbocycles. The fraction of sp³-hybridized carbons (Fsp3) is 0.556. The van der Waals surface area contributed by atoms with Crippen molar-refractivity contribution in [2.45, 2.75) is 52.2 Å². The van der Waals surface area contributed by atoms with Crippen molar-refractivity contribution in [3.63, 3.8) is 0 Å². The molecule has 0 spiro atoms. The summed E-state index contributed by atoms with van der Waals surface area (Å²) < 4.78 is 7.49. The quantitative estimate of drug-likeness (QED) is 0.897. The van der Waals surface area contributed by atoms with Crippen LogP contribution in [-0.2, 0) is 29.5 Å². The van der Waals surface area contributed by atoms with Crippen LogP contribution in [0, 0.1) is 13.8 Å². The second kappa shape index (κ2) is 7.74. The van der Waals surface area contributed by atoms with Crippen molar-refractivity contribution in [2.75, 3.05) is 6.61 Å². The molecule has 2 aromatic rings. The fourth-order valence-corrected chi connectivity index (χ4v) is 3.06. The van der Waals surface area contributed by atoms with Crippen LogP contribution in [0.15, 0.2) is 12.4 Å². The van der Waals surface area contributed by atoms with Gasteiger partial charge in [0.1, 0.15) is 6.10 Å². The Morgan fingerprint density at radius 1 is 1.32 bits per heavy atom. The first-order valence-electron chi connectivity index (χ1n) is 8.73. The van der Waals surface area contributed by atoms with Crippen LogP contribution in [0.1, 0.15) is 53.7 Å². The number of aromatic nitrogens is 4. The molecule has 2 aromatic heterocycles. The highest BCUT2D eigenvalue weighted by Crippen LogP contribution is 2.24. The summed E-state index contributed by atoms with van der Waals surface area (Å²) in [6.07, 6.45) is 7.10. The Kier molecular flexibility index (Phi) is 5.43. The first-order chi connectivity index (χ1) is 12.0. The summed E-state index contributed by atoms with van der Waals surface area (Å²) in [5, 5.41) is 7.26. The van der Waals surface area contributed by atoms with Gasteiger partial charge in [-0.05, 0) is 33.1 Å². The Labute approximate surface area is 147 Å². The zero-order valence-electron chi connectivity index (χ0n) is 15.1. The van der Waals surface area contributed by atoms with Gasteiger partial charge in [-0.1, -0.05) is 0 Å². The number of rotatable bonds is 5. The van der Waals surface area contributed by atoms with Crippen molar-refractivity contribution in [3.05, 3.63) is 40.7 Å². The third-order valence-corrected chi connectivity index (χ3v) is 4.68. The zero-order valence-corrected chi connectivity index (χ0v) is 15.1. The van der Waals surface area contributed by atoms with Gasteiger partial charge in [-0.2, -0.15) is 5.10 Å². The number of hydrogen-bond acceptors (Lipinski definition) is 5. The summed E-state index contributed by atoms with van der Waals surface area (Å²) in [5.74, 6) is 0.704. The van der Waals surface area contributed by atoms with Crippen LogP contribution >= 0.6 is 0 Å². The van der Waals surface area contributed by atoms with Crippen molar-refractivity contribution in [1.82, 2.24) is 25.1 Å². The van der Waals surface area contributed by atoms with E-state index in [0.29, 0.717) is 13.0 Å². The van der Waals surface area contributed by atoms with Crippen molar-refractivity contribution in [3.8, 4) is 0 Å². The molecule has 1 unspecified atom stereocenters. The van der Waals surface area contributed by atoms with Gasteiger partial charge >= 0.3 is 0 Å². The Hall–Kier alpha value is -2.28. The first kappa shape index (κ1) is 17.5.